The number of benzene rings is 4. The van der Waals surface area contributed by atoms with E-state index in [2.05, 4.69) is 96.3 Å². The van der Waals surface area contributed by atoms with Gasteiger partial charge in [0.25, 0.3) is 0 Å². The van der Waals surface area contributed by atoms with Crippen molar-refractivity contribution in [3.05, 3.63) is 115 Å². The minimum absolute atomic E-state index is 0.109. The van der Waals surface area contributed by atoms with E-state index in [0.29, 0.717) is 30.0 Å². The van der Waals surface area contributed by atoms with E-state index in [1.165, 1.54) is 47.8 Å². The second-order valence-corrected chi connectivity index (χ2v) is 16.5. The van der Waals surface area contributed by atoms with Crippen molar-refractivity contribution in [1.29, 1.82) is 0 Å². The lowest BCUT2D eigenvalue weighted by Gasteiger charge is -2.27. The zero-order valence-corrected chi connectivity index (χ0v) is 30.6. The summed E-state index contributed by atoms with van der Waals surface area (Å²) in [6.45, 7) is 0.670. The van der Waals surface area contributed by atoms with Crippen molar-refractivity contribution < 1.29 is 32.0 Å². The summed E-state index contributed by atoms with van der Waals surface area (Å²) in [4.78, 5) is 12.4. The first-order chi connectivity index (χ1) is 23.6. The lowest BCUT2D eigenvalue weighted by atomic mass is 10.1. The SMILES string of the molecule is COc1cc(C=CC(=O)NCCCCCCCC[P+](c2ccccc2)(c2ccccc2)c2ccccc2)cc(OC)c1OC.CS(=O)(=O)[O-]. The third kappa shape index (κ3) is 12.7. The summed E-state index contributed by atoms with van der Waals surface area (Å²) < 4.78 is 43.4. The van der Waals surface area contributed by atoms with E-state index in [1.54, 1.807) is 33.5 Å². The van der Waals surface area contributed by atoms with Crippen molar-refractivity contribution in [1.82, 2.24) is 5.32 Å². The van der Waals surface area contributed by atoms with Crippen molar-refractivity contribution in [3.8, 4) is 17.2 Å². The van der Waals surface area contributed by atoms with Gasteiger partial charge < -0.3 is 24.1 Å². The largest absolute Gasteiger partial charge is 0.748 e. The molecule has 4 aromatic rings. The van der Waals surface area contributed by atoms with Crippen molar-refractivity contribution in [2.45, 2.75) is 38.5 Å². The van der Waals surface area contributed by atoms with Crippen LogP contribution in [0.4, 0.5) is 0 Å². The minimum atomic E-state index is -3.92. The van der Waals surface area contributed by atoms with Gasteiger partial charge in [0.2, 0.25) is 11.7 Å². The Bertz CT molecular complexity index is 1570. The van der Waals surface area contributed by atoms with Gasteiger partial charge in [-0.2, -0.15) is 0 Å². The maximum atomic E-state index is 12.4. The van der Waals surface area contributed by atoms with Crippen LogP contribution in [-0.4, -0.2) is 59.2 Å². The van der Waals surface area contributed by atoms with Crippen LogP contribution in [0.1, 0.15) is 44.1 Å². The van der Waals surface area contributed by atoms with E-state index in [0.717, 1.165) is 18.4 Å². The van der Waals surface area contributed by atoms with Gasteiger partial charge >= 0.3 is 0 Å². The Morgan fingerprint density at radius 3 is 1.51 bits per heavy atom. The molecule has 8 nitrogen and oxygen atoms in total. The molecule has 1 amide bonds. The average molecular weight is 706 g/mol. The van der Waals surface area contributed by atoms with Crippen LogP contribution in [0.15, 0.2) is 109 Å². The molecule has 0 aliphatic carbocycles. The first-order valence-electron chi connectivity index (χ1n) is 16.3. The molecular formula is C39H48NO7PS. The van der Waals surface area contributed by atoms with Crippen LogP contribution in [-0.2, 0) is 14.9 Å². The summed E-state index contributed by atoms with van der Waals surface area (Å²) in [5.41, 5.74) is 0.799. The predicted octanol–water partition coefficient (Wildman–Crippen LogP) is 6.34. The molecule has 0 bridgehead atoms. The van der Waals surface area contributed by atoms with Crippen LogP contribution < -0.4 is 35.4 Å². The molecule has 10 heteroatoms. The maximum absolute atomic E-state index is 12.4. The molecule has 0 aliphatic rings. The summed E-state index contributed by atoms with van der Waals surface area (Å²) in [5, 5.41) is 7.35. The van der Waals surface area contributed by atoms with Crippen LogP contribution in [0, 0.1) is 0 Å². The van der Waals surface area contributed by atoms with Crippen LogP contribution >= 0.6 is 7.26 Å². The molecule has 0 aromatic heterocycles. The first kappa shape index (κ1) is 39.3. The fourth-order valence-corrected chi connectivity index (χ4v) is 10.1. The molecule has 0 saturated carbocycles. The number of carbonyl (C=O) groups excluding carboxylic acids is 1. The average Bonchev–Trinajstić information content (AvgIpc) is 3.11. The van der Waals surface area contributed by atoms with Gasteiger partial charge in [0.1, 0.15) is 23.2 Å². The third-order valence-corrected chi connectivity index (χ3v) is 12.5. The van der Waals surface area contributed by atoms with Gasteiger partial charge in [-0.1, -0.05) is 73.9 Å². The number of amides is 1. The topological polar surface area (TPSA) is 114 Å². The standard InChI is InChI=1S/C38H44NO4P.CH4O3S/c1-41-35-29-31(30-36(42-2)38(35)43-3)25-26-37(40)39-27-17-6-4-5-7-18-28-44(32-19-11-8-12-20-32,33-21-13-9-14-22-33)34-23-15-10-16-24-34;1-5(2,3)4/h8-16,19-26,29-30H,4-7,17-18,27-28H2,1-3H3;1H3,(H,2,3,4). The summed E-state index contributed by atoms with van der Waals surface area (Å²) in [5.74, 6) is 1.53. The summed E-state index contributed by atoms with van der Waals surface area (Å²) >= 11 is 0. The van der Waals surface area contributed by atoms with E-state index in [4.69, 9.17) is 27.2 Å². The molecule has 1 N–H and O–H groups in total. The van der Waals surface area contributed by atoms with Gasteiger partial charge in [0.15, 0.2) is 11.5 Å². The molecule has 0 heterocycles. The number of ether oxygens (including phenoxy) is 3. The van der Waals surface area contributed by atoms with E-state index in [1.807, 2.05) is 12.1 Å². The Morgan fingerprint density at radius 2 is 1.10 bits per heavy atom. The van der Waals surface area contributed by atoms with Crippen molar-refractivity contribution >= 4 is 45.3 Å². The highest BCUT2D eigenvalue weighted by Gasteiger charge is 2.44. The Hall–Kier alpha value is -4.17. The second-order valence-electron chi connectivity index (χ2n) is 11.4. The molecule has 4 rings (SSSR count). The van der Waals surface area contributed by atoms with Gasteiger partial charge in [0, 0.05) is 18.9 Å². The predicted molar refractivity (Wildman–Crippen MR) is 201 cm³/mol. The molecule has 0 spiro atoms. The van der Waals surface area contributed by atoms with Crippen LogP contribution in [0.5, 0.6) is 17.2 Å². The lowest BCUT2D eigenvalue weighted by molar-refractivity contribution is -0.116. The molecule has 0 saturated heterocycles. The highest BCUT2D eigenvalue weighted by Crippen LogP contribution is 2.56. The monoisotopic (exact) mass is 705 g/mol. The Kier molecular flexibility index (Phi) is 16.3. The molecule has 49 heavy (non-hydrogen) atoms. The molecule has 0 fully saturated rings. The Morgan fingerprint density at radius 1 is 0.694 bits per heavy atom. The third-order valence-electron chi connectivity index (χ3n) is 7.92. The molecule has 0 atom stereocenters. The fraction of sp³-hybridized carbons (Fsp3) is 0.308. The summed E-state index contributed by atoms with van der Waals surface area (Å²) in [6.07, 6.45) is 11.9. The normalized spacial score (nSPS) is 11.4. The van der Waals surface area contributed by atoms with Gasteiger partial charge in [0.05, 0.1) is 37.6 Å². The number of methoxy groups -OCH3 is 3. The molecule has 262 valence electrons. The van der Waals surface area contributed by atoms with E-state index < -0.39 is 17.4 Å². The van der Waals surface area contributed by atoms with Gasteiger partial charge in [-0.3, -0.25) is 4.79 Å². The van der Waals surface area contributed by atoms with Crippen LogP contribution in [0.2, 0.25) is 0 Å². The summed E-state index contributed by atoms with van der Waals surface area (Å²) in [7, 11) is -0.944. The lowest BCUT2D eigenvalue weighted by Crippen LogP contribution is -2.33. The first-order valence-corrected chi connectivity index (χ1v) is 20.1. The molecular weight excluding hydrogens is 657 g/mol. The van der Waals surface area contributed by atoms with E-state index in [-0.39, 0.29) is 5.91 Å². The van der Waals surface area contributed by atoms with Crippen molar-refractivity contribution in [2.24, 2.45) is 0 Å². The van der Waals surface area contributed by atoms with Crippen LogP contribution in [0.3, 0.4) is 0 Å². The van der Waals surface area contributed by atoms with Gasteiger partial charge in [-0.25, -0.2) is 8.42 Å². The zero-order chi connectivity index (χ0) is 35.5. The van der Waals surface area contributed by atoms with Crippen molar-refractivity contribution in [2.75, 3.05) is 40.3 Å². The Balaban J connectivity index is 0.00000121. The quantitative estimate of drug-likeness (QED) is 0.0591. The number of rotatable bonds is 17. The molecule has 4 aromatic carbocycles. The van der Waals surface area contributed by atoms with Crippen molar-refractivity contribution in [3.63, 3.8) is 0 Å². The fourth-order valence-electron chi connectivity index (χ4n) is 5.70. The van der Waals surface area contributed by atoms with Crippen LogP contribution in [0.25, 0.3) is 6.08 Å². The van der Waals surface area contributed by atoms with E-state index in [9.17, 15) is 4.79 Å². The summed E-state index contributed by atoms with van der Waals surface area (Å²) in [6, 6.07) is 37.0. The number of hydrogen-bond donors (Lipinski definition) is 1. The maximum Gasteiger partial charge on any atom is 0.243 e. The van der Waals surface area contributed by atoms with Gasteiger partial charge in [-0.15, -0.1) is 0 Å². The molecule has 0 unspecified atom stereocenters. The highest BCUT2D eigenvalue weighted by atomic mass is 32.2. The number of nitrogens with one attached hydrogen (secondary N) is 1. The number of unbranched alkanes of at least 4 members (excludes halogenated alkanes) is 5. The second kappa shape index (κ2) is 20.4. The molecule has 0 aliphatic heterocycles. The highest BCUT2D eigenvalue weighted by molar-refractivity contribution is 7.95. The minimum Gasteiger partial charge on any atom is -0.748 e. The van der Waals surface area contributed by atoms with E-state index >= 15 is 0 Å². The number of hydrogen-bond acceptors (Lipinski definition) is 7. The zero-order valence-electron chi connectivity index (χ0n) is 28.8. The smallest absolute Gasteiger partial charge is 0.243 e. The number of carbonyl (C=O) groups is 1. The Labute approximate surface area is 292 Å². The van der Waals surface area contributed by atoms with Gasteiger partial charge in [-0.05, 0) is 79.4 Å². The molecule has 0 radical (unpaired) electrons.